The molecule has 0 saturated carbocycles. The van der Waals surface area contributed by atoms with Crippen LogP contribution >= 0.6 is 11.3 Å². The van der Waals surface area contributed by atoms with Crippen LogP contribution < -0.4 is 0 Å². The van der Waals surface area contributed by atoms with Crippen molar-refractivity contribution < 1.29 is 0 Å². The van der Waals surface area contributed by atoms with E-state index < -0.39 is 0 Å². The van der Waals surface area contributed by atoms with Crippen LogP contribution in [0.5, 0.6) is 0 Å². The van der Waals surface area contributed by atoms with Crippen molar-refractivity contribution in [2.45, 2.75) is 6.92 Å². The van der Waals surface area contributed by atoms with E-state index in [-0.39, 0.29) is 0 Å². The Hall–Kier alpha value is -1.48. The lowest BCUT2D eigenvalue weighted by Crippen LogP contribution is -1.79. The highest BCUT2D eigenvalue weighted by molar-refractivity contribution is 7.11. The van der Waals surface area contributed by atoms with Gasteiger partial charge in [0.2, 0.25) is 0 Å². The number of rotatable bonds is 2. The molecule has 0 aliphatic carbocycles. The zero-order valence-electron chi connectivity index (χ0n) is 7.84. The van der Waals surface area contributed by atoms with Gasteiger partial charge in [-0.05, 0) is 30.0 Å². The molecule has 0 bridgehead atoms. The fourth-order valence-electron chi connectivity index (χ4n) is 1.10. The predicted octanol–water partition coefficient (Wildman–Crippen LogP) is 3.20. The number of pyridine rings is 1. The number of aliphatic imine (C=N–C) groups is 1. The number of hydrogen-bond donors (Lipinski definition) is 0. The van der Waals surface area contributed by atoms with E-state index >= 15 is 0 Å². The molecule has 0 aromatic carbocycles. The first-order valence-electron chi connectivity index (χ1n) is 4.35. The third-order valence-electron chi connectivity index (χ3n) is 1.84. The molecule has 2 rings (SSSR count). The molecule has 0 radical (unpaired) electrons. The van der Waals surface area contributed by atoms with Crippen molar-refractivity contribution in [3.63, 3.8) is 0 Å². The molecule has 0 atom stereocenters. The highest BCUT2D eigenvalue weighted by Gasteiger charge is 1.94. The van der Waals surface area contributed by atoms with Crippen molar-refractivity contribution in [2.75, 3.05) is 0 Å². The first-order valence-corrected chi connectivity index (χ1v) is 5.23. The first-order chi connectivity index (χ1) is 6.86. The van der Waals surface area contributed by atoms with Gasteiger partial charge >= 0.3 is 0 Å². The van der Waals surface area contributed by atoms with Crippen LogP contribution in [0.25, 0.3) is 0 Å². The van der Waals surface area contributed by atoms with Crippen LogP contribution in [-0.2, 0) is 0 Å². The molecular weight excluding hydrogens is 192 g/mol. The van der Waals surface area contributed by atoms with E-state index in [9.17, 15) is 0 Å². The molecule has 0 N–H and O–H groups in total. The Morgan fingerprint density at radius 1 is 1.36 bits per heavy atom. The quantitative estimate of drug-likeness (QED) is 0.686. The van der Waals surface area contributed by atoms with Crippen LogP contribution in [0.2, 0.25) is 0 Å². The lowest BCUT2D eigenvalue weighted by Gasteiger charge is -1.95. The molecule has 2 aromatic heterocycles. The SMILES string of the molecule is Cc1cccnc1/N=C/c1cccs1. The molecule has 0 spiro atoms. The van der Waals surface area contributed by atoms with Crippen LogP contribution in [-0.4, -0.2) is 11.2 Å². The predicted molar refractivity (Wildman–Crippen MR) is 60.5 cm³/mol. The first kappa shape index (κ1) is 9.09. The van der Waals surface area contributed by atoms with Crippen molar-refractivity contribution in [2.24, 2.45) is 4.99 Å². The standard InChI is InChI=1S/C11H10N2S/c1-9-4-2-6-12-11(9)13-8-10-5-3-7-14-10/h2-8H,1H3/b13-8+. The summed E-state index contributed by atoms with van der Waals surface area (Å²) in [7, 11) is 0. The summed E-state index contributed by atoms with van der Waals surface area (Å²) >= 11 is 1.67. The van der Waals surface area contributed by atoms with Crippen molar-refractivity contribution in [3.8, 4) is 0 Å². The zero-order valence-corrected chi connectivity index (χ0v) is 8.66. The molecule has 0 aliphatic heterocycles. The number of aryl methyl sites for hydroxylation is 1. The van der Waals surface area contributed by atoms with Gasteiger partial charge in [0.05, 0.1) is 0 Å². The summed E-state index contributed by atoms with van der Waals surface area (Å²) in [5.74, 6) is 0.793. The third-order valence-corrected chi connectivity index (χ3v) is 2.65. The van der Waals surface area contributed by atoms with Gasteiger partial charge in [0.25, 0.3) is 0 Å². The molecule has 0 saturated heterocycles. The van der Waals surface area contributed by atoms with Gasteiger partial charge in [0.15, 0.2) is 5.82 Å². The molecular formula is C11H10N2S. The van der Waals surface area contributed by atoms with Crippen LogP contribution in [0.4, 0.5) is 5.82 Å². The second kappa shape index (κ2) is 4.15. The smallest absolute Gasteiger partial charge is 0.154 e. The monoisotopic (exact) mass is 202 g/mol. The summed E-state index contributed by atoms with van der Waals surface area (Å²) in [5, 5.41) is 2.03. The number of hydrogen-bond acceptors (Lipinski definition) is 3. The fraction of sp³-hybridized carbons (Fsp3) is 0.0909. The minimum atomic E-state index is 0.793. The normalized spacial score (nSPS) is 10.9. The van der Waals surface area contributed by atoms with Gasteiger partial charge in [-0.25, -0.2) is 9.98 Å². The Labute approximate surface area is 87.0 Å². The van der Waals surface area contributed by atoms with Crippen LogP contribution in [0.1, 0.15) is 10.4 Å². The van der Waals surface area contributed by atoms with Gasteiger partial charge in [-0.1, -0.05) is 12.1 Å². The lowest BCUT2D eigenvalue weighted by molar-refractivity contribution is 1.23. The van der Waals surface area contributed by atoms with E-state index in [1.54, 1.807) is 17.5 Å². The van der Waals surface area contributed by atoms with Crippen LogP contribution in [0.15, 0.2) is 40.8 Å². The Morgan fingerprint density at radius 2 is 2.29 bits per heavy atom. The molecule has 0 unspecified atom stereocenters. The van der Waals surface area contributed by atoms with E-state index in [0.717, 1.165) is 16.3 Å². The van der Waals surface area contributed by atoms with Crippen molar-refractivity contribution >= 4 is 23.4 Å². The van der Waals surface area contributed by atoms with Crippen molar-refractivity contribution in [1.29, 1.82) is 0 Å². The molecule has 2 aromatic rings. The molecule has 14 heavy (non-hydrogen) atoms. The maximum Gasteiger partial charge on any atom is 0.154 e. The summed E-state index contributed by atoms with van der Waals surface area (Å²) in [6, 6.07) is 7.97. The van der Waals surface area contributed by atoms with E-state index in [2.05, 4.69) is 9.98 Å². The fourth-order valence-corrected chi connectivity index (χ4v) is 1.69. The third kappa shape index (κ3) is 2.06. The molecule has 0 fully saturated rings. The Kier molecular flexibility index (Phi) is 2.70. The van der Waals surface area contributed by atoms with Gasteiger partial charge in [-0.3, -0.25) is 0 Å². The molecule has 0 aliphatic rings. The maximum atomic E-state index is 4.32. The van der Waals surface area contributed by atoms with Gasteiger partial charge in [-0.15, -0.1) is 11.3 Å². The van der Waals surface area contributed by atoms with Gasteiger partial charge < -0.3 is 0 Å². The second-order valence-corrected chi connectivity index (χ2v) is 3.90. The van der Waals surface area contributed by atoms with Gasteiger partial charge in [-0.2, -0.15) is 0 Å². The molecule has 2 heterocycles. The summed E-state index contributed by atoms with van der Waals surface area (Å²) in [6.07, 6.45) is 3.61. The largest absolute Gasteiger partial charge is 0.237 e. The minimum Gasteiger partial charge on any atom is -0.237 e. The maximum absolute atomic E-state index is 4.32. The Balaban J connectivity index is 2.23. The Bertz CT molecular complexity index is 432. The number of thiophene rings is 1. The minimum absolute atomic E-state index is 0.793. The van der Waals surface area contributed by atoms with Crippen molar-refractivity contribution in [3.05, 3.63) is 46.3 Å². The number of nitrogens with zero attached hydrogens (tertiary/aromatic N) is 2. The molecule has 0 amide bonds. The van der Waals surface area contributed by atoms with Crippen molar-refractivity contribution in [1.82, 2.24) is 4.98 Å². The highest BCUT2D eigenvalue weighted by atomic mass is 32.1. The van der Waals surface area contributed by atoms with Crippen LogP contribution in [0, 0.1) is 6.92 Å². The van der Waals surface area contributed by atoms with Gasteiger partial charge in [0.1, 0.15) is 0 Å². The van der Waals surface area contributed by atoms with E-state index in [1.165, 1.54) is 0 Å². The van der Waals surface area contributed by atoms with Gasteiger partial charge in [0, 0.05) is 17.3 Å². The highest BCUT2D eigenvalue weighted by Crippen LogP contribution is 2.14. The summed E-state index contributed by atoms with van der Waals surface area (Å²) < 4.78 is 0. The van der Waals surface area contributed by atoms with Crippen LogP contribution in [0.3, 0.4) is 0 Å². The average molecular weight is 202 g/mol. The summed E-state index contributed by atoms with van der Waals surface area (Å²) in [4.78, 5) is 9.66. The molecule has 2 nitrogen and oxygen atoms in total. The van der Waals surface area contributed by atoms with E-state index in [0.29, 0.717) is 0 Å². The Morgan fingerprint density at radius 3 is 3.00 bits per heavy atom. The zero-order chi connectivity index (χ0) is 9.80. The summed E-state index contributed by atoms with van der Waals surface area (Å²) in [5.41, 5.74) is 1.10. The number of aromatic nitrogens is 1. The lowest BCUT2D eigenvalue weighted by atomic mass is 10.3. The molecule has 70 valence electrons. The average Bonchev–Trinajstić information content (AvgIpc) is 2.69. The van der Waals surface area contributed by atoms with E-state index in [4.69, 9.17) is 0 Å². The topological polar surface area (TPSA) is 25.2 Å². The second-order valence-electron chi connectivity index (χ2n) is 2.92. The molecule has 3 heteroatoms. The summed E-state index contributed by atoms with van der Waals surface area (Å²) in [6.45, 7) is 2.01. The van der Waals surface area contributed by atoms with E-state index in [1.807, 2.05) is 42.8 Å².